The Balaban J connectivity index is 4.53. The van der Waals surface area contributed by atoms with Gasteiger partial charge in [0.25, 0.3) is 0 Å². The van der Waals surface area contributed by atoms with Gasteiger partial charge in [0, 0.05) is 5.92 Å². The molecule has 0 radical (unpaired) electrons. The van der Waals surface area contributed by atoms with Crippen LogP contribution in [0, 0.1) is 5.92 Å². The van der Waals surface area contributed by atoms with Crippen LogP contribution in [0.3, 0.4) is 0 Å². The molecule has 2 N–H and O–H groups in total. The highest BCUT2D eigenvalue weighted by Gasteiger charge is 2.33. The lowest BCUT2D eigenvalue weighted by Crippen LogP contribution is -2.41. The van der Waals surface area contributed by atoms with Gasteiger partial charge in [-0.05, 0) is 12.8 Å². The van der Waals surface area contributed by atoms with Crippen molar-refractivity contribution in [2.45, 2.75) is 38.4 Å². The molecule has 0 fully saturated rings. The van der Waals surface area contributed by atoms with E-state index in [-0.39, 0.29) is 5.92 Å². The second-order valence-corrected chi connectivity index (χ2v) is 3.46. The van der Waals surface area contributed by atoms with Crippen LogP contribution in [0.25, 0.3) is 0 Å². The number of rotatable bonds is 6. The third-order valence-corrected chi connectivity index (χ3v) is 2.71. The van der Waals surface area contributed by atoms with E-state index >= 15 is 0 Å². The lowest BCUT2D eigenvalue weighted by atomic mass is 9.80. The van der Waals surface area contributed by atoms with E-state index < -0.39 is 11.7 Å². The third kappa shape index (κ3) is 2.98. The van der Waals surface area contributed by atoms with Gasteiger partial charge in [0.1, 0.15) is 0 Å². The quantitative estimate of drug-likeness (QED) is 0.619. The first-order valence-corrected chi connectivity index (χ1v) is 4.65. The zero-order valence-electron chi connectivity index (χ0n) is 8.53. The van der Waals surface area contributed by atoms with E-state index in [1.807, 2.05) is 13.8 Å². The number of hydrogen-bond acceptors (Lipinski definition) is 2. The molecule has 0 spiro atoms. The van der Waals surface area contributed by atoms with E-state index in [1.54, 1.807) is 6.08 Å². The van der Waals surface area contributed by atoms with Gasteiger partial charge >= 0.3 is 0 Å². The Morgan fingerprint density at radius 2 is 2.00 bits per heavy atom. The van der Waals surface area contributed by atoms with Crippen LogP contribution in [-0.4, -0.2) is 21.9 Å². The monoisotopic (exact) mass is 184 g/mol. The van der Waals surface area contributed by atoms with Gasteiger partial charge < -0.3 is 10.2 Å². The van der Waals surface area contributed by atoms with Crippen LogP contribution in [0.2, 0.25) is 0 Å². The van der Waals surface area contributed by atoms with Crippen molar-refractivity contribution in [3.05, 3.63) is 25.3 Å². The van der Waals surface area contributed by atoms with E-state index in [1.165, 1.54) is 6.08 Å². The molecule has 0 amide bonds. The molecule has 3 atom stereocenters. The van der Waals surface area contributed by atoms with Gasteiger partial charge in [-0.15, -0.1) is 13.2 Å². The summed E-state index contributed by atoms with van der Waals surface area (Å²) in [6.07, 6.45) is 3.56. The van der Waals surface area contributed by atoms with E-state index in [4.69, 9.17) is 0 Å². The summed E-state index contributed by atoms with van der Waals surface area (Å²) >= 11 is 0. The van der Waals surface area contributed by atoms with Crippen LogP contribution in [0.4, 0.5) is 0 Å². The molecule has 0 saturated heterocycles. The molecular formula is C11H20O2. The van der Waals surface area contributed by atoms with E-state index in [0.717, 1.165) is 0 Å². The molecular weight excluding hydrogens is 164 g/mol. The third-order valence-electron chi connectivity index (χ3n) is 2.71. The van der Waals surface area contributed by atoms with Gasteiger partial charge in [-0.2, -0.15) is 0 Å². The van der Waals surface area contributed by atoms with Crippen molar-refractivity contribution >= 4 is 0 Å². The minimum Gasteiger partial charge on any atom is -0.389 e. The summed E-state index contributed by atoms with van der Waals surface area (Å²) in [6.45, 7) is 10.8. The van der Waals surface area contributed by atoms with Crippen LogP contribution in [0.15, 0.2) is 25.3 Å². The normalized spacial score (nSPS) is 20.0. The van der Waals surface area contributed by atoms with Crippen LogP contribution in [0.5, 0.6) is 0 Å². The van der Waals surface area contributed by atoms with Gasteiger partial charge in [0.2, 0.25) is 0 Å². The molecule has 0 aromatic carbocycles. The van der Waals surface area contributed by atoms with E-state index in [9.17, 15) is 10.2 Å². The Morgan fingerprint density at radius 1 is 1.46 bits per heavy atom. The predicted molar refractivity (Wildman–Crippen MR) is 55.4 cm³/mol. The summed E-state index contributed by atoms with van der Waals surface area (Å²) in [7, 11) is 0. The van der Waals surface area contributed by atoms with E-state index in [2.05, 4.69) is 13.2 Å². The van der Waals surface area contributed by atoms with Crippen molar-refractivity contribution in [1.29, 1.82) is 0 Å². The molecule has 2 nitrogen and oxygen atoms in total. The maximum absolute atomic E-state index is 10.1. The zero-order valence-corrected chi connectivity index (χ0v) is 8.53. The SMILES string of the molecule is C=CCC(O)(CC)C(C)C(O)C=C. The van der Waals surface area contributed by atoms with Crippen molar-refractivity contribution in [2.24, 2.45) is 5.92 Å². The number of aliphatic hydroxyl groups is 2. The molecule has 0 bridgehead atoms. The van der Waals surface area contributed by atoms with Crippen molar-refractivity contribution in [3.63, 3.8) is 0 Å². The molecule has 3 unspecified atom stereocenters. The largest absolute Gasteiger partial charge is 0.389 e. The maximum Gasteiger partial charge on any atom is 0.0771 e. The van der Waals surface area contributed by atoms with Gasteiger partial charge in [0.15, 0.2) is 0 Å². The Labute approximate surface area is 80.6 Å². The highest BCUT2D eigenvalue weighted by atomic mass is 16.3. The summed E-state index contributed by atoms with van der Waals surface area (Å²) in [5, 5.41) is 19.6. The summed E-state index contributed by atoms with van der Waals surface area (Å²) in [4.78, 5) is 0. The molecule has 0 aromatic rings. The average molecular weight is 184 g/mol. The highest BCUT2D eigenvalue weighted by Crippen LogP contribution is 2.28. The Bertz CT molecular complexity index is 177. The summed E-state index contributed by atoms with van der Waals surface area (Å²) in [5.74, 6) is -0.215. The van der Waals surface area contributed by atoms with Crippen LogP contribution >= 0.6 is 0 Å². The average Bonchev–Trinajstić information content (AvgIpc) is 2.15. The molecule has 0 aliphatic rings. The maximum atomic E-state index is 10.1. The summed E-state index contributed by atoms with van der Waals surface area (Å²) in [5.41, 5.74) is -0.866. The molecule has 13 heavy (non-hydrogen) atoms. The topological polar surface area (TPSA) is 40.5 Å². The first kappa shape index (κ1) is 12.4. The molecule has 0 heterocycles. The van der Waals surface area contributed by atoms with Crippen molar-refractivity contribution < 1.29 is 10.2 Å². The van der Waals surface area contributed by atoms with Crippen molar-refractivity contribution in [3.8, 4) is 0 Å². The minimum absolute atomic E-state index is 0.215. The Morgan fingerprint density at radius 3 is 2.31 bits per heavy atom. The lowest BCUT2D eigenvalue weighted by Gasteiger charge is -2.34. The van der Waals surface area contributed by atoms with Gasteiger partial charge in [0.05, 0.1) is 11.7 Å². The molecule has 0 rings (SSSR count). The van der Waals surface area contributed by atoms with Gasteiger partial charge in [-0.25, -0.2) is 0 Å². The number of aliphatic hydroxyl groups excluding tert-OH is 1. The fourth-order valence-electron chi connectivity index (χ4n) is 1.42. The predicted octanol–water partition coefficient (Wildman–Crippen LogP) is 1.89. The fourth-order valence-corrected chi connectivity index (χ4v) is 1.42. The molecule has 0 aliphatic heterocycles. The smallest absolute Gasteiger partial charge is 0.0771 e. The van der Waals surface area contributed by atoms with Crippen molar-refractivity contribution in [2.75, 3.05) is 0 Å². The van der Waals surface area contributed by atoms with Crippen molar-refractivity contribution in [1.82, 2.24) is 0 Å². The fraction of sp³-hybridized carbons (Fsp3) is 0.636. The molecule has 0 aromatic heterocycles. The molecule has 0 aliphatic carbocycles. The lowest BCUT2D eigenvalue weighted by molar-refractivity contribution is -0.0511. The number of hydrogen-bond donors (Lipinski definition) is 2. The summed E-state index contributed by atoms with van der Waals surface area (Å²) < 4.78 is 0. The first-order valence-electron chi connectivity index (χ1n) is 4.65. The molecule has 76 valence electrons. The second-order valence-electron chi connectivity index (χ2n) is 3.46. The zero-order chi connectivity index (χ0) is 10.5. The van der Waals surface area contributed by atoms with Crippen LogP contribution in [0.1, 0.15) is 26.7 Å². The van der Waals surface area contributed by atoms with E-state index in [0.29, 0.717) is 12.8 Å². The standard InChI is InChI=1S/C11H20O2/c1-5-8-11(13,7-3)9(4)10(12)6-2/h5-6,9-10,12-13H,1-2,7-8H2,3-4H3. The van der Waals surface area contributed by atoms with Gasteiger partial charge in [-0.1, -0.05) is 26.0 Å². The molecule has 0 saturated carbocycles. The second kappa shape index (κ2) is 5.20. The highest BCUT2D eigenvalue weighted by molar-refractivity contribution is 4.96. The van der Waals surface area contributed by atoms with Crippen LogP contribution in [-0.2, 0) is 0 Å². The minimum atomic E-state index is -0.866. The Kier molecular flexibility index (Phi) is 4.96. The van der Waals surface area contributed by atoms with Gasteiger partial charge in [-0.3, -0.25) is 0 Å². The first-order chi connectivity index (χ1) is 6.01. The Hall–Kier alpha value is -0.600. The summed E-state index contributed by atoms with van der Waals surface area (Å²) in [6, 6.07) is 0. The van der Waals surface area contributed by atoms with Crippen LogP contribution < -0.4 is 0 Å². The molecule has 2 heteroatoms.